The minimum absolute atomic E-state index is 0.00910. The molecule has 0 heterocycles. The lowest BCUT2D eigenvalue weighted by molar-refractivity contribution is -0.121. The summed E-state index contributed by atoms with van der Waals surface area (Å²) in [6, 6.07) is 0. The Morgan fingerprint density at radius 3 is 2.54 bits per heavy atom. The quantitative estimate of drug-likeness (QED) is 0.688. The monoisotopic (exact) mass is 185 g/mol. The number of carbonyl (C=O) groups is 1. The van der Waals surface area contributed by atoms with Gasteiger partial charge in [-0.3, -0.25) is 4.79 Å². The van der Waals surface area contributed by atoms with Crippen LogP contribution in [0.1, 0.15) is 39.0 Å². The van der Waals surface area contributed by atoms with E-state index in [1.807, 2.05) is 6.92 Å². The maximum absolute atomic E-state index is 11.0. The van der Waals surface area contributed by atoms with E-state index in [4.69, 9.17) is 0 Å². The Morgan fingerprint density at radius 1 is 1.46 bits per heavy atom. The largest absolute Gasteiger partial charge is 0.396 e. The van der Waals surface area contributed by atoms with Gasteiger partial charge in [0, 0.05) is 18.4 Å². The molecule has 1 fully saturated rings. The Kier molecular flexibility index (Phi) is 3.72. The normalized spacial score (nSPS) is 20.2. The zero-order valence-corrected chi connectivity index (χ0v) is 8.31. The van der Waals surface area contributed by atoms with Crippen molar-refractivity contribution in [2.24, 2.45) is 5.41 Å². The van der Waals surface area contributed by atoms with E-state index in [1.165, 1.54) is 12.8 Å². The van der Waals surface area contributed by atoms with Gasteiger partial charge in [-0.2, -0.15) is 0 Å². The predicted octanol–water partition coefficient (Wildman–Crippen LogP) is 1.07. The average molecular weight is 185 g/mol. The van der Waals surface area contributed by atoms with Crippen molar-refractivity contribution in [3.63, 3.8) is 0 Å². The molecule has 0 bridgehead atoms. The molecule has 0 atom stereocenters. The molecule has 1 saturated carbocycles. The topological polar surface area (TPSA) is 49.3 Å². The Balaban J connectivity index is 2.35. The van der Waals surface area contributed by atoms with Gasteiger partial charge in [0.05, 0.1) is 6.61 Å². The number of amides is 1. The molecule has 0 aromatic rings. The van der Waals surface area contributed by atoms with E-state index in [-0.39, 0.29) is 17.9 Å². The number of hydrogen-bond acceptors (Lipinski definition) is 2. The van der Waals surface area contributed by atoms with E-state index < -0.39 is 0 Å². The van der Waals surface area contributed by atoms with Crippen LogP contribution in [0.2, 0.25) is 0 Å². The van der Waals surface area contributed by atoms with Gasteiger partial charge >= 0.3 is 0 Å². The first-order chi connectivity index (χ1) is 6.22. The molecular weight excluding hydrogens is 166 g/mol. The van der Waals surface area contributed by atoms with Gasteiger partial charge in [-0.05, 0) is 12.8 Å². The molecule has 3 heteroatoms. The summed E-state index contributed by atoms with van der Waals surface area (Å²) in [6.07, 6.45) is 4.99. The van der Waals surface area contributed by atoms with Crippen LogP contribution in [0.3, 0.4) is 0 Å². The number of aliphatic hydroxyl groups excluding tert-OH is 1. The first kappa shape index (κ1) is 10.5. The van der Waals surface area contributed by atoms with Crippen LogP contribution in [-0.4, -0.2) is 24.2 Å². The van der Waals surface area contributed by atoms with Gasteiger partial charge in [-0.15, -0.1) is 0 Å². The summed E-state index contributed by atoms with van der Waals surface area (Å²) in [5, 5.41) is 12.1. The third kappa shape index (κ3) is 2.69. The molecule has 0 spiro atoms. The lowest BCUT2D eigenvalue weighted by Gasteiger charge is -2.26. The Morgan fingerprint density at radius 2 is 2.08 bits per heavy atom. The van der Waals surface area contributed by atoms with Gasteiger partial charge in [0.2, 0.25) is 5.91 Å². The van der Waals surface area contributed by atoms with Crippen molar-refractivity contribution in [3.05, 3.63) is 0 Å². The van der Waals surface area contributed by atoms with Crippen LogP contribution in [0.5, 0.6) is 0 Å². The van der Waals surface area contributed by atoms with Crippen molar-refractivity contribution in [3.8, 4) is 0 Å². The molecule has 1 rings (SSSR count). The third-order valence-corrected chi connectivity index (χ3v) is 2.98. The van der Waals surface area contributed by atoms with Gasteiger partial charge in [0.1, 0.15) is 0 Å². The van der Waals surface area contributed by atoms with Crippen molar-refractivity contribution in [2.45, 2.75) is 39.0 Å². The van der Waals surface area contributed by atoms with Crippen LogP contribution in [0.4, 0.5) is 0 Å². The van der Waals surface area contributed by atoms with Crippen LogP contribution >= 0.6 is 0 Å². The van der Waals surface area contributed by atoms with Gasteiger partial charge in [-0.1, -0.05) is 19.8 Å². The smallest absolute Gasteiger partial charge is 0.219 e. The number of hydrogen-bond donors (Lipinski definition) is 2. The minimum atomic E-state index is -0.00910. The highest BCUT2D eigenvalue weighted by Gasteiger charge is 2.33. The molecule has 13 heavy (non-hydrogen) atoms. The number of rotatable bonds is 4. The maximum Gasteiger partial charge on any atom is 0.219 e. The second-order valence-electron chi connectivity index (χ2n) is 4.00. The molecule has 0 unspecified atom stereocenters. The van der Waals surface area contributed by atoms with E-state index in [0.29, 0.717) is 13.0 Å². The van der Waals surface area contributed by atoms with E-state index >= 15 is 0 Å². The van der Waals surface area contributed by atoms with Gasteiger partial charge in [-0.25, -0.2) is 0 Å². The molecule has 0 aromatic heterocycles. The number of aliphatic hydroxyl groups is 1. The highest BCUT2D eigenvalue weighted by molar-refractivity contribution is 5.75. The number of nitrogens with one attached hydrogen (secondary N) is 1. The molecule has 0 saturated heterocycles. The van der Waals surface area contributed by atoms with Crippen molar-refractivity contribution < 1.29 is 9.90 Å². The molecule has 76 valence electrons. The van der Waals surface area contributed by atoms with Crippen LogP contribution < -0.4 is 5.32 Å². The Hall–Kier alpha value is -0.570. The van der Waals surface area contributed by atoms with E-state index in [2.05, 4.69) is 5.32 Å². The second-order valence-corrected chi connectivity index (χ2v) is 4.00. The standard InChI is InChI=1S/C10H19NO2/c1-2-9(13)11-7-10(8-12)5-3-4-6-10/h12H,2-8H2,1H3,(H,11,13). The van der Waals surface area contributed by atoms with E-state index in [0.717, 1.165) is 12.8 Å². The molecule has 0 aromatic carbocycles. The van der Waals surface area contributed by atoms with Crippen LogP contribution in [-0.2, 0) is 4.79 Å². The van der Waals surface area contributed by atoms with Gasteiger partial charge in [0.15, 0.2) is 0 Å². The fourth-order valence-electron chi connectivity index (χ4n) is 1.93. The summed E-state index contributed by atoms with van der Waals surface area (Å²) in [7, 11) is 0. The fourth-order valence-corrected chi connectivity index (χ4v) is 1.93. The Labute approximate surface area is 79.5 Å². The average Bonchev–Trinajstić information content (AvgIpc) is 2.63. The van der Waals surface area contributed by atoms with Crippen molar-refractivity contribution in [1.29, 1.82) is 0 Å². The van der Waals surface area contributed by atoms with E-state index in [9.17, 15) is 9.90 Å². The maximum atomic E-state index is 11.0. The van der Waals surface area contributed by atoms with Gasteiger partial charge < -0.3 is 10.4 Å². The van der Waals surface area contributed by atoms with Crippen LogP contribution in [0.15, 0.2) is 0 Å². The second kappa shape index (κ2) is 4.61. The van der Waals surface area contributed by atoms with Crippen molar-refractivity contribution in [2.75, 3.05) is 13.2 Å². The van der Waals surface area contributed by atoms with E-state index in [1.54, 1.807) is 0 Å². The van der Waals surface area contributed by atoms with Crippen LogP contribution in [0, 0.1) is 5.41 Å². The fraction of sp³-hybridized carbons (Fsp3) is 0.900. The van der Waals surface area contributed by atoms with Crippen molar-refractivity contribution >= 4 is 5.91 Å². The lowest BCUT2D eigenvalue weighted by atomic mass is 9.87. The van der Waals surface area contributed by atoms with Crippen molar-refractivity contribution in [1.82, 2.24) is 5.32 Å². The summed E-state index contributed by atoms with van der Waals surface area (Å²) in [6.45, 7) is 2.70. The highest BCUT2D eigenvalue weighted by Crippen LogP contribution is 2.36. The molecule has 1 aliphatic carbocycles. The first-order valence-corrected chi connectivity index (χ1v) is 5.10. The SMILES string of the molecule is CCC(=O)NCC1(CO)CCCC1. The molecule has 3 nitrogen and oxygen atoms in total. The summed E-state index contributed by atoms with van der Waals surface area (Å²) in [5.74, 6) is 0.0831. The van der Waals surface area contributed by atoms with Crippen LogP contribution in [0.25, 0.3) is 0 Å². The minimum Gasteiger partial charge on any atom is -0.396 e. The summed E-state index contributed by atoms with van der Waals surface area (Å²) in [4.78, 5) is 11.0. The lowest BCUT2D eigenvalue weighted by Crippen LogP contribution is -2.37. The summed E-state index contributed by atoms with van der Waals surface area (Å²) < 4.78 is 0. The Bertz CT molecular complexity index is 174. The first-order valence-electron chi connectivity index (χ1n) is 5.10. The molecule has 0 aliphatic heterocycles. The summed E-state index contributed by atoms with van der Waals surface area (Å²) >= 11 is 0. The molecule has 1 amide bonds. The third-order valence-electron chi connectivity index (χ3n) is 2.98. The molecule has 0 radical (unpaired) electrons. The molecule has 2 N–H and O–H groups in total. The summed E-state index contributed by atoms with van der Waals surface area (Å²) in [5.41, 5.74) is -0.00910. The molecular formula is C10H19NO2. The zero-order chi connectivity index (χ0) is 9.73. The predicted molar refractivity (Wildman–Crippen MR) is 51.3 cm³/mol. The highest BCUT2D eigenvalue weighted by atomic mass is 16.3. The zero-order valence-electron chi connectivity index (χ0n) is 8.31. The number of carbonyl (C=O) groups excluding carboxylic acids is 1. The van der Waals surface area contributed by atoms with Gasteiger partial charge in [0.25, 0.3) is 0 Å². The molecule has 1 aliphatic rings.